The Morgan fingerprint density at radius 3 is 2.06 bits per heavy atom. The summed E-state index contributed by atoms with van der Waals surface area (Å²) < 4.78 is 19.9. The lowest BCUT2D eigenvalue weighted by Gasteiger charge is -2.30. The van der Waals surface area contributed by atoms with Gasteiger partial charge in [-0.3, -0.25) is 0 Å². The molecule has 0 aromatic rings. The van der Waals surface area contributed by atoms with Crippen molar-refractivity contribution in [3.05, 3.63) is 0 Å². The molecule has 0 saturated heterocycles. The second-order valence-electron chi connectivity index (χ2n) is 3.26. The van der Waals surface area contributed by atoms with E-state index in [0.717, 1.165) is 0 Å². The molecule has 0 radical (unpaired) electrons. The summed E-state index contributed by atoms with van der Waals surface area (Å²) in [6.45, 7) is 0.201. The normalized spacial score (nSPS) is 18.8. The highest BCUT2D eigenvalue weighted by molar-refractivity contribution is 5.57. The van der Waals surface area contributed by atoms with Crippen molar-refractivity contribution in [2.75, 3.05) is 35.0 Å². The van der Waals surface area contributed by atoms with Gasteiger partial charge in [-0.1, -0.05) is 0 Å². The van der Waals surface area contributed by atoms with Crippen LogP contribution in [0.4, 0.5) is 0 Å². The zero-order valence-corrected chi connectivity index (χ0v) is 10.1. The summed E-state index contributed by atoms with van der Waals surface area (Å²) >= 11 is 0. The average molecular weight is 236 g/mol. The minimum atomic E-state index is -1.01. The number of rotatable bonds is 9. The van der Waals surface area contributed by atoms with E-state index in [1.165, 1.54) is 28.4 Å². The number of aliphatic hydroxyl groups excluding tert-OH is 1. The number of hydrogen-bond acceptors (Lipinski definition) is 6. The average Bonchev–Trinajstić information content (AvgIpc) is 2.31. The highest BCUT2D eigenvalue weighted by Gasteiger charge is 2.34. The Morgan fingerprint density at radius 2 is 1.75 bits per heavy atom. The fraction of sp³-hybridized carbons (Fsp3) is 0.900. The highest BCUT2D eigenvalue weighted by atomic mass is 16.6. The number of aliphatic hydroxyl groups is 1. The van der Waals surface area contributed by atoms with Gasteiger partial charge in [0.05, 0.1) is 6.61 Å². The number of hydrogen-bond donors (Lipinski definition) is 1. The fourth-order valence-electron chi connectivity index (χ4n) is 1.42. The summed E-state index contributed by atoms with van der Waals surface area (Å²) in [5.41, 5.74) is 0. The van der Waals surface area contributed by atoms with Crippen LogP contribution in [0.2, 0.25) is 0 Å². The molecule has 0 aliphatic carbocycles. The Balaban J connectivity index is 4.58. The Hall–Kier alpha value is -0.530. The van der Waals surface area contributed by atoms with E-state index in [-0.39, 0.29) is 6.61 Å². The molecule has 0 spiro atoms. The maximum atomic E-state index is 10.7. The van der Waals surface area contributed by atoms with Crippen molar-refractivity contribution >= 4 is 6.29 Å². The van der Waals surface area contributed by atoms with Gasteiger partial charge in [0.25, 0.3) is 0 Å². The Bertz CT molecular complexity index is 186. The predicted octanol–water partition coefficient (Wildman–Crippen LogP) is -0.762. The molecule has 6 nitrogen and oxygen atoms in total. The lowest BCUT2D eigenvalue weighted by molar-refractivity contribution is -0.153. The molecule has 6 heteroatoms. The monoisotopic (exact) mass is 236 g/mol. The van der Waals surface area contributed by atoms with Crippen molar-refractivity contribution in [3.63, 3.8) is 0 Å². The second kappa shape index (κ2) is 8.60. The largest absolute Gasteiger partial charge is 0.387 e. The molecule has 0 aromatic carbocycles. The van der Waals surface area contributed by atoms with E-state index in [9.17, 15) is 9.90 Å². The quantitative estimate of drug-likeness (QED) is 0.530. The molecule has 1 N–H and O–H groups in total. The van der Waals surface area contributed by atoms with Crippen LogP contribution in [0, 0.1) is 0 Å². The third-order valence-electron chi connectivity index (χ3n) is 2.35. The lowest BCUT2D eigenvalue weighted by Crippen LogP contribution is -2.49. The molecule has 96 valence electrons. The molecule has 0 amide bonds. The van der Waals surface area contributed by atoms with E-state index in [0.29, 0.717) is 6.29 Å². The van der Waals surface area contributed by atoms with Gasteiger partial charge in [0.15, 0.2) is 6.29 Å². The van der Waals surface area contributed by atoms with E-state index in [2.05, 4.69) is 0 Å². The van der Waals surface area contributed by atoms with Gasteiger partial charge in [-0.25, -0.2) is 0 Å². The van der Waals surface area contributed by atoms with E-state index < -0.39 is 24.4 Å². The van der Waals surface area contributed by atoms with E-state index in [1.807, 2.05) is 0 Å². The van der Waals surface area contributed by atoms with Crippen molar-refractivity contribution in [2.45, 2.75) is 24.4 Å². The minimum absolute atomic E-state index is 0.201. The molecule has 0 aliphatic rings. The first-order valence-electron chi connectivity index (χ1n) is 4.86. The zero-order valence-electron chi connectivity index (χ0n) is 10.1. The summed E-state index contributed by atoms with van der Waals surface area (Å²) in [6.07, 6.45) is -2.63. The van der Waals surface area contributed by atoms with Crippen LogP contribution in [0.25, 0.3) is 0 Å². The Kier molecular flexibility index (Phi) is 8.32. The summed E-state index contributed by atoms with van der Waals surface area (Å²) in [5.74, 6) is 0. The first kappa shape index (κ1) is 15.5. The number of aldehydes is 1. The molecule has 4 atom stereocenters. The van der Waals surface area contributed by atoms with Crippen LogP contribution in [0.5, 0.6) is 0 Å². The summed E-state index contributed by atoms with van der Waals surface area (Å²) in [6, 6.07) is 0. The lowest BCUT2D eigenvalue weighted by atomic mass is 10.0. The molecule has 0 fully saturated rings. The third-order valence-corrected chi connectivity index (χ3v) is 2.35. The molecule has 0 heterocycles. The topological polar surface area (TPSA) is 74.2 Å². The van der Waals surface area contributed by atoms with Crippen LogP contribution >= 0.6 is 0 Å². The van der Waals surface area contributed by atoms with Crippen molar-refractivity contribution in [3.8, 4) is 0 Å². The number of methoxy groups -OCH3 is 4. The molecule has 0 aromatic heterocycles. The molecular formula is C10H20O6. The molecule has 0 bridgehead atoms. The van der Waals surface area contributed by atoms with Crippen LogP contribution < -0.4 is 0 Å². The van der Waals surface area contributed by atoms with Gasteiger partial charge in [-0.2, -0.15) is 0 Å². The van der Waals surface area contributed by atoms with Crippen molar-refractivity contribution < 1.29 is 28.8 Å². The highest BCUT2D eigenvalue weighted by Crippen LogP contribution is 2.12. The number of carbonyl (C=O) groups is 1. The molecular weight excluding hydrogens is 216 g/mol. The third kappa shape index (κ3) is 4.15. The van der Waals surface area contributed by atoms with Gasteiger partial charge >= 0.3 is 0 Å². The first-order valence-corrected chi connectivity index (χ1v) is 4.86. The summed E-state index contributed by atoms with van der Waals surface area (Å²) in [7, 11) is 5.70. The van der Waals surface area contributed by atoms with Gasteiger partial charge in [-0.15, -0.1) is 0 Å². The van der Waals surface area contributed by atoms with E-state index in [1.54, 1.807) is 0 Å². The van der Waals surface area contributed by atoms with Crippen LogP contribution in [-0.4, -0.2) is 70.9 Å². The van der Waals surface area contributed by atoms with Crippen molar-refractivity contribution in [1.29, 1.82) is 0 Å². The molecule has 16 heavy (non-hydrogen) atoms. The maximum absolute atomic E-state index is 10.7. The van der Waals surface area contributed by atoms with Crippen LogP contribution in [0.15, 0.2) is 0 Å². The Morgan fingerprint density at radius 1 is 1.12 bits per heavy atom. The van der Waals surface area contributed by atoms with Gasteiger partial charge in [0, 0.05) is 28.4 Å². The fourth-order valence-corrected chi connectivity index (χ4v) is 1.42. The van der Waals surface area contributed by atoms with Crippen molar-refractivity contribution in [1.82, 2.24) is 0 Å². The zero-order chi connectivity index (χ0) is 12.6. The maximum Gasteiger partial charge on any atom is 0.151 e. The van der Waals surface area contributed by atoms with Crippen LogP contribution in [-0.2, 0) is 23.7 Å². The van der Waals surface area contributed by atoms with Gasteiger partial charge < -0.3 is 28.8 Å². The smallest absolute Gasteiger partial charge is 0.151 e. The molecule has 0 unspecified atom stereocenters. The second-order valence-corrected chi connectivity index (χ2v) is 3.26. The predicted molar refractivity (Wildman–Crippen MR) is 56.3 cm³/mol. The minimum Gasteiger partial charge on any atom is -0.387 e. The summed E-state index contributed by atoms with van der Waals surface area (Å²) in [5, 5.41) is 9.96. The standard InChI is InChI=1S/C10H20O6/c1-13-6-8(15-3)9(12)10(16-4)7(5-11)14-2/h5,7-10,12H,6H2,1-4H3/t7-,8+,9-,10+/m0/s1. The van der Waals surface area contributed by atoms with Crippen molar-refractivity contribution in [2.24, 2.45) is 0 Å². The van der Waals surface area contributed by atoms with Crippen LogP contribution in [0.1, 0.15) is 0 Å². The van der Waals surface area contributed by atoms with Gasteiger partial charge in [0.2, 0.25) is 0 Å². The Labute approximate surface area is 95.4 Å². The van der Waals surface area contributed by atoms with E-state index in [4.69, 9.17) is 18.9 Å². The van der Waals surface area contributed by atoms with E-state index >= 15 is 0 Å². The molecule has 0 rings (SSSR count). The SMILES string of the molecule is COC[C@@H](OC)[C@H](O)[C@H](OC)[C@H](C=O)OC. The number of carbonyl (C=O) groups excluding carboxylic acids is 1. The number of ether oxygens (including phenoxy) is 4. The van der Waals surface area contributed by atoms with Gasteiger partial charge in [0.1, 0.15) is 24.4 Å². The first-order chi connectivity index (χ1) is 7.65. The van der Waals surface area contributed by atoms with Gasteiger partial charge in [-0.05, 0) is 0 Å². The molecule has 0 aliphatic heterocycles. The summed E-state index contributed by atoms with van der Waals surface area (Å²) in [4.78, 5) is 10.7. The molecule has 0 saturated carbocycles. The van der Waals surface area contributed by atoms with Crippen LogP contribution in [0.3, 0.4) is 0 Å².